The first-order valence-corrected chi connectivity index (χ1v) is 15.8. The molecule has 5 aliphatic rings. The van der Waals surface area contributed by atoms with Gasteiger partial charge < -0.3 is 10.1 Å². The Morgan fingerprint density at radius 3 is 2.76 bits per heavy atom. The molecular weight excluding hydrogens is 480 g/mol. The zero-order valence-electron chi connectivity index (χ0n) is 21.7. The van der Waals surface area contributed by atoms with E-state index in [1.165, 1.54) is 40.3 Å². The van der Waals surface area contributed by atoms with Crippen LogP contribution in [0.25, 0.3) is 10.8 Å². The quantitative estimate of drug-likeness (QED) is 0.561. The Balaban J connectivity index is 1.17. The Morgan fingerprint density at radius 1 is 1.08 bits per heavy atom. The van der Waals surface area contributed by atoms with Gasteiger partial charge in [-0.25, -0.2) is 13.6 Å². The lowest BCUT2D eigenvalue weighted by Crippen LogP contribution is -2.55. The van der Waals surface area contributed by atoms with Crippen molar-refractivity contribution < 1.29 is 13.2 Å². The second kappa shape index (κ2) is 8.25. The number of allylic oxidation sites excluding steroid dienone is 1. The number of nitrogens with two attached hydrogens (primary N) is 1. The van der Waals surface area contributed by atoms with E-state index in [9.17, 15) is 8.42 Å². The zero-order valence-corrected chi connectivity index (χ0v) is 22.5. The standard InChI is InChI=1S/C31H38N2O3S/c1-29-13-12-25-19-24-8-9-26(33-16-17-37(32,34)35)20-30(24)14-15-31(25,36-30)28(29)11-10-27(29)23-7-6-21-4-2-3-5-22(21)18-23/h2-7,12,18-19,26-28,33H,8-11,13-17,20H2,1H3,(H2,32,34,35)/t26-,27+,28+,29+,30?,31+/m0/s1. The third kappa shape index (κ3) is 3.70. The highest BCUT2D eigenvalue weighted by Crippen LogP contribution is 2.69. The fraction of sp³-hybridized carbons (Fsp3) is 0.548. The molecule has 3 N–H and O–H groups in total. The number of benzene rings is 2. The molecule has 2 heterocycles. The number of hydrogen-bond donors (Lipinski definition) is 2. The first kappa shape index (κ1) is 24.1. The van der Waals surface area contributed by atoms with E-state index < -0.39 is 10.0 Å². The molecule has 1 unspecified atom stereocenters. The van der Waals surface area contributed by atoms with Gasteiger partial charge in [0.2, 0.25) is 10.0 Å². The van der Waals surface area contributed by atoms with Crippen molar-refractivity contribution in [2.45, 2.75) is 81.5 Å². The van der Waals surface area contributed by atoms with Crippen LogP contribution in [0.1, 0.15) is 69.8 Å². The molecule has 6 atom stereocenters. The summed E-state index contributed by atoms with van der Waals surface area (Å²) in [6.07, 6.45) is 13.7. The molecule has 2 spiro atoms. The third-order valence-corrected chi connectivity index (χ3v) is 11.4. The minimum atomic E-state index is -3.45. The van der Waals surface area contributed by atoms with Crippen LogP contribution in [0.15, 0.2) is 65.8 Å². The van der Waals surface area contributed by atoms with Gasteiger partial charge in [-0.15, -0.1) is 0 Å². The fourth-order valence-electron chi connectivity index (χ4n) is 8.96. The van der Waals surface area contributed by atoms with Gasteiger partial charge in [-0.3, -0.25) is 0 Å². The van der Waals surface area contributed by atoms with Crippen LogP contribution in [-0.2, 0) is 14.8 Å². The zero-order chi connectivity index (χ0) is 25.5. The van der Waals surface area contributed by atoms with Crippen LogP contribution < -0.4 is 10.5 Å². The van der Waals surface area contributed by atoms with Gasteiger partial charge in [0.05, 0.1) is 17.0 Å². The summed E-state index contributed by atoms with van der Waals surface area (Å²) in [6.45, 7) is 2.93. The fourth-order valence-corrected chi connectivity index (χ4v) is 9.36. The van der Waals surface area contributed by atoms with Crippen molar-refractivity contribution in [2.24, 2.45) is 16.5 Å². The van der Waals surface area contributed by atoms with Crippen LogP contribution in [0.3, 0.4) is 0 Å². The third-order valence-electron chi connectivity index (χ3n) is 10.7. The Morgan fingerprint density at radius 2 is 1.92 bits per heavy atom. The average molecular weight is 519 g/mol. The molecule has 7 rings (SSSR count). The molecule has 3 aliphatic carbocycles. The summed E-state index contributed by atoms with van der Waals surface area (Å²) in [7, 11) is -3.45. The molecule has 37 heavy (non-hydrogen) atoms. The van der Waals surface area contributed by atoms with E-state index in [2.05, 4.69) is 66.9 Å². The minimum absolute atomic E-state index is 0.0204. The van der Waals surface area contributed by atoms with Gasteiger partial charge in [-0.05, 0) is 96.1 Å². The predicted octanol–water partition coefficient (Wildman–Crippen LogP) is 5.33. The smallest absolute Gasteiger partial charge is 0.210 e. The van der Waals surface area contributed by atoms with Crippen LogP contribution >= 0.6 is 0 Å². The Kier molecular flexibility index (Phi) is 5.37. The molecule has 1 saturated heterocycles. The number of sulfonamides is 1. The van der Waals surface area contributed by atoms with E-state index in [0.717, 1.165) is 38.5 Å². The summed E-state index contributed by atoms with van der Waals surface area (Å²) >= 11 is 0. The maximum atomic E-state index is 11.4. The Labute approximate surface area is 220 Å². The molecule has 6 heteroatoms. The van der Waals surface area contributed by atoms with Crippen LogP contribution in [0, 0.1) is 11.3 Å². The van der Waals surface area contributed by atoms with Crippen LogP contribution in [0.4, 0.5) is 0 Å². The van der Waals surface area contributed by atoms with Crippen molar-refractivity contribution in [3.63, 3.8) is 0 Å². The van der Waals surface area contributed by atoms with Crippen molar-refractivity contribution in [3.8, 4) is 0 Å². The molecule has 0 radical (unpaired) electrons. The van der Waals surface area contributed by atoms with E-state index in [0.29, 0.717) is 18.4 Å². The summed E-state index contributed by atoms with van der Waals surface area (Å²) in [4.78, 5) is 0. The maximum absolute atomic E-state index is 11.4. The van der Waals surface area contributed by atoms with Gasteiger partial charge in [0.25, 0.3) is 0 Å². The number of primary sulfonamides is 1. The lowest BCUT2D eigenvalue weighted by Gasteiger charge is -2.54. The number of rotatable bonds is 5. The molecule has 0 amide bonds. The summed E-state index contributed by atoms with van der Waals surface area (Å²) in [5.41, 5.74) is 4.19. The average Bonchev–Trinajstić information content (AvgIpc) is 3.38. The topological polar surface area (TPSA) is 81.4 Å². The van der Waals surface area contributed by atoms with E-state index in [4.69, 9.17) is 9.88 Å². The molecular formula is C31H38N2O3S. The number of hydrogen-bond acceptors (Lipinski definition) is 4. The molecule has 2 aliphatic heterocycles. The highest BCUT2D eigenvalue weighted by molar-refractivity contribution is 7.89. The summed E-state index contributed by atoms with van der Waals surface area (Å²) in [6, 6.07) is 16.1. The molecule has 5 nitrogen and oxygen atoms in total. The predicted molar refractivity (Wildman–Crippen MR) is 148 cm³/mol. The SMILES string of the molecule is C[C@]12CC=C3C=C4CC[C@H](NCCS(N)(=O)=O)CC45CC[C@]3(O5)[C@@H]1CC[C@@H]2c1ccc2ccccc2c1. The van der Waals surface area contributed by atoms with E-state index in [1.54, 1.807) is 0 Å². The van der Waals surface area contributed by atoms with Crippen molar-refractivity contribution >= 4 is 20.8 Å². The van der Waals surface area contributed by atoms with E-state index in [-0.39, 0.29) is 28.4 Å². The monoisotopic (exact) mass is 518 g/mol. The van der Waals surface area contributed by atoms with E-state index in [1.807, 2.05) is 0 Å². The number of ether oxygens (including phenoxy) is 1. The van der Waals surface area contributed by atoms with Gasteiger partial charge in [0.1, 0.15) is 0 Å². The lowest BCUT2D eigenvalue weighted by molar-refractivity contribution is -0.136. The molecule has 196 valence electrons. The van der Waals surface area contributed by atoms with Crippen molar-refractivity contribution in [2.75, 3.05) is 12.3 Å². The van der Waals surface area contributed by atoms with Gasteiger partial charge in [-0.1, -0.05) is 61.5 Å². The first-order valence-electron chi connectivity index (χ1n) is 14.1. The summed E-state index contributed by atoms with van der Waals surface area (Å²) in [5.74, 6) is 1.04. The number of fused-ring (bicyclic) bond motifs is 2. The molecule has 3 fully saturated rings. The van der Waals surface area contributed by atoms with Gasteiger partial charge >= 0.3 is 0 Å². The van der Waals surface area contributed by atoms with Crippen molar-refractivity contribution in [1.29, 1.82) is 0 Å². The van der Waals surface area contributed by atoms with Gasteiger partial charge in [0, 0.05) is 12.6 Å². The summed E-state index contributed by atoms with van der Waals surface area (Å²) < 4.78 is 30.2. The first-order chi connectivity index (χ1) is 17.7. The highest BCUT2D eigenvalue weighted by Gasteiger charge is 2.66. The van der Waals surface area contributed by atoms with Crippen LogP contribution in [-0.4, -0.2) is 38.0 Å². The van der Waals surface area contributed by atoms with Crippen molar-refractivity contribution in [1.82, 2.24) is 5.32 Å². The van der Waals surface area contributed by atoms with Crippen LogP contribution in [0.2, 0.25) is 0 Å². The summed E-state index contributed by atoms with van der Waals surface area (Å²) in [5, 5.41) is 11.3. The van der Waals surface area contributed by atoms with E-state index >= 15 is 0 Å². The number of nitrogens with one attached hydrogen (secondary N) is 1. The Hall–Kier alpha value is -1.99. The molecule has 2 aromatic rings. The molecule has 0 aromatic heterocycles. The lowest BCUT2D eigenvalue weighted by atomic mass is 9.58. The highest BCUT2D eigenvalue weighted by atomic mass is 32.2. The molecule has 2 bridgehead atoms. The van der Waals surface area contributed by atoms with Crippen molar-refractivity contribution in [3.05, 3.63) is 71.3 Å². The van der Waals surface area contributed by atoms with Gasteiger partial charge in [-0.2, -0.15) is 0 Å². The second-order valence-electron chi connectivity index (χ2n) is 12.6. The minimum Gasteiger partial charge on any atom is -0.359 e. The normalized spacial score (nSPS) is 38.5. The van der Waals surface area contributed by atoms with Crippen LogP contribution in [0.5, 0.6) is 0 Å². The Bertz CT molecular complexity index is 1430. The molecule has 2 aromatic carbocycles. The van der Waals surface area contributed by atoms with Gasteiger partial charge in [0.15, 0.2) is 0 Å². The largest absolute Gasteiger partial charge is 0.359 e. The second-order valence-corrected chi connectivity index (χ2v) is 14.3. The maximum Gasteiger partial charge on any atom is 0.210 e. The molecule has 2 saturated carbocycles.